The summed E-state index contributed by atoms with van der Waals surface area (Å²) < 4.78 is 15.9. The molecule has 0 unspecified atom stereocenters. The van der Waals surface area contributed by atoms with E-state index < -0.39 is 26.2 Å². The first-order chi connectivity index (χ1) is 16.4. The normalized spacial score (nSPS) is 15.9. The van der Waals surface area contributed by atoms with Gasteiger partial charge < -0.3 is 29.4 Å². The summed E-state index contributed by atoms with van der Waals surface area (Å²) in [7, 11) is -0.815. The predicted octanol–water partition coefficient (Wildman–Crippen LogP) is 3.40. The second-order valence-corrected chi connectivity index (χ2v) is 15.8. The Bertz CT molecular complexity index is 864. The summed E-state index contributed by atoms with van der Waals surface area (Å²) in [5.41, 5.74) is 0.261. The first-order valence-electron chi connectivity index (χ1n) is 12.0. The van der Waals surface area contributed by atoms with Gasteiger partial charge in [0.15, 0.2) is 13.4 Å². The van der Waals surface area contributed by atoms with E-state index in [9.17, 15) is 14.4 Å². The molecule has 1 saturated heterocycles. The van der Waals surface area contributed by atoms with E-state index in [1.54, 1.807) is 12.3 Å². The average Bonchev–Trinajstić information content (AvgIpc) is 3.30. The number of amides is 2. The second-order valence-electron chi connectivity index (χ2n) is 10.2. The number of alkyl carbamates (subject to hydrolysis) is 1. The van der Waals surface area contributed by atoms with Gasteiger partial charge >= 0.3 is 12.1 Å². The Morgan fingerprint density at radius 1 is 1.26 bits per heavy atom. The Kier molecular flexibility index (Phi) is 10.5. The Labute approximate surface area is 213 Å². The van der Waals surface area contributed by atoms with Gasteiger partial charge in [-0.15, -0.1) is 11.3 Å². The van der Waals surface area contributed by atoms with Crippen molar-refractivity contribution in [1.82, 2.24) is 15.6 Å². The molecular formula is C23H40N4O6SSi. The van der Waals surface area contributed by atoms with E-state index in [2.05, 4.69) is 54.4 Å². The highest BCUT2D eigenvalue weighted by Crippen LogP contribution is 2.36. The lowest BCUT2D eigenvalue weighted by Gasteiger charge is -2.37. The molecule has 0 radical (unpaired) electrons. The molecule has 10 nitrogen and oxygen atoms in total. The van der Waals surface area contributed by atoms with Crippen molar-refractivity contribution < 1.29 is 28.3 Å². The number of ether oxygens (including phenoxy) is 2. The summed E-state index contributed by atoms with van der Waals surface area (Å²) in [5, 5.41) is 7.96. The van der Waals surface area contributed by atoms with Gasteiger partial charge in [0.2, 0.25) is 0 Å². The summed E-state index contributed by atoms with van der Waals surface area (Å²) in [6, 6.07) is -0.908. The Hall–Kier alpha value is -2.18. The van der Waals surface area contributed by atoms with E-state index in [0.717, 1.165) is 31.1 Å². The number of thiazole rings is 1. The van der Waals surface area contributed by atoms with Gasteiger partial charge in [0, 0.05) is 25.0 Å². The Morgan fingerprint density at radius 2 is 1.91 bits per heavy atom. The van der Waals surface area contributed by atoms with Crippen LogP contribution >= 0.6 is 11.3 Å². The zero-order valence-corrected chi connectivity index (χ0v) is 23.8. The maximum absolute atomic E-state index is 12.9. The highest BCUT2D eigenvalue weighted by molar-refractivity contribution is 7.13. The molecule has 1 fully saturated rings. The number of nitrogens with one attached hydrogen (secondary N) is 2. The van der Waals surface area contributed by atoms with Crippen LogP contribution in [0.3, 0.4) is 0 Å². The van der Waals surface area contributed by atoms with Crippen LogP contribution in [0, 0.1) is 5.92 Å². The third-order valence-electron chi connectivity index (χ3n) is 6.63. The second kappa shape index (κ2) is 12.7. The van der Waals surface area contributed by atoms with Gasteiger partial charge in [-0.25, -0.2) is 14.6 Å². The van der Waals surface area contributed by atoms with E-state index in [4.69, 9.17) is 13.9 Å². The summed E-state index contributed by atoms with van der Waals surface area (Å²) in [5.74, 6) is -0.610. The Balaban J connectivity index is 1.92. The number of methoxy groups -OCH3 is 1. The number of carbonyl (C=O) groups is 3. The molecule has 35 heavy (non-hydrogen) atoms. The number of esters is 1. The van der Waals surface area contributed by atoms with Crippen LogP contribution < -0.4 is 15.5 Å². The molecule has 2 rings (SSSR count). The van der Waals surface area contributed by atoms with Crippen molar-refractivity contribution in [3.63, 3.8) is 0 Å². The number of piperidine rings is 1. The minimum absolute atomic E-state index is 0.0240. The van der Waals surface area contributed by atoms with Gasteiger partial charge in [0.25, 0.3) is 5.91 Å². The SMILES string of the molecule is CCOC(=O)NCC1CCN(c2nc(C(=O)N[C@@H](CO[Si](C)(C)C(C)(C)C)C(=O)OC)cs2)CC1. The molecule has 1 aromatic rings. The van der Waals surface area contributed by atoms with Crippen LogP contribution in [0.15, 0.2) is 5.38 Å². The van der Waals surface area contributed by atoms with Crippen molar-refractivity contribution in [2.75, 3.05) is 44.9 Å². The van der Waals surface area contributed by atoms with Crippen molar-refractivity contribution >= 4 is 42.8 Å². The first kappa shape index (κ1) is 29.0. The monoisotopic (exact) mass is 528 g/mol. The van der Waals surface area contributed by atoms with Crippen molar-refractivity contribution in [3.05, 3.63) is 11.1 Å². The molecule has 2 amide bonds. The number of carbonyl (C=O) groups excluding carboxylic acids is 3. The lowest BCUT2D eigenvalue weighted by atomic mass is 9.97. The first-order valence-corrected chi connectivity index (χ1v) is 15.8. The molecule has 0 aliphatic carbocycles. The zero-order valence-electron chi connectivity index (χ0n) is 21.9. The summed E-state index contributed by atoms with van der Waals surface area (Å²) in [6.07, 6.45) is 1.43. The predicted molar refractivity (Wildman–Crippen MR) is 138 cm³/mol. The smallest absolute Gasteiger partial charge is 0.407 e. The lowest BCUT2D eigenvalue weighted by molar-refractivity contribution is -0.143. The summed E-state index contributed by atoms with van der Waals surface area (Å²) in [6.45, 7) is 14.9. The lowest BCUT2D eigenvalue weighted by Crippen LogP contribution is -2.49. The Morgan fingerprint density at radius 3 is 2.49 bits per heavy atom. The molecule has 1 atom stereocenters. The number of nitrogens with zero attached hydrogens (tertiary/aromatic N) is 2. The van der Waals surface area contributed by atoms with E-state index in [1.807, 2.05) is 0 Å². The number of anilines is 1. The van der Waals surface area contributed by atoms with E-state index in [-0.39, 0.29) is 23.4 Å². The molecule has 0 saturated carbocycles. The van der Waals surface area contributed by atoms with Crippen LogP contribution in [0.5, 0.6) is 0 Å². The average molecular weight is 529 g/mol. The molecule has 198 valence electrons. The fraction of sp³-hybridized carbons (Fsp3) is 0.739. The van der Waals surface area contributed by atoms with Gasteiger partial charge in [-0.3, -0.25) is 4.79 Å². The summed E-state index contributed by atoms with van der Waals surface area (Å²) in [4.78, 5) is 43.3. The number of hydrogen-bond acceptors (Lipinski definition) is 9. The standard InChI is InChI=1S/C23H40N4O6SSi/c1-8-32-22(30)24-13-16-9-11-27(12-10-16)21-26-18(15-34-21)19(28)25-17(20(29)31-5)14-33-35(6,7)23(2,3)4/h15-17H,8-14H2,1-7H3,(H,24,30)(H,25,28)/t17-/m0/s1. The minimum Gasteiger partial charge on any atom is -0.467 e. The molecule has 0 bridgehead atoms. The fourth-order valence-electron chi connectivity index (χ4n) is 3.30. The zero-order chi connectivity index (χ0) is 26.2. The quantitative estimate of drug-likeness (QED) is 0.350. The van der Waals surface area contributed by atoms with Crippen molar-refractivity contribution in [3.8, 4) is 0 Å². The molecule has 0 spiro atoms. The van der Waals surface area contributed by atoms with Crippen molar-refractivity contribution in [2.24, 2.45) is 5.92 Å². The maximum atomic E-state index is 12.9. The number of hydrogen-bond donors (Lipinski definition) is 2. The summed E-state index contributed by atoms with van der Waals surface area (Å²) >= 11 is 1.40. The van der Waals surface area contributed by atoms with Gasteiger partial charge in [-0.2, -0.15) is 0 Å². The number of aromatic nitrogens is 1. The van der Waals surface area contributed by atoms with Crippen LogP contribution in [-0.2, 0) is 18.7 Å². The molecule has 2 heterocycles. The largest absolute Gasteiger partial charge is 0.467 e. The van der Waals surface area contributed by atoms with Crippen LogP contribution in [0.2, 0.25) is 18.1 Å². The highest BCUT2D eigenvalue weighted by Gasteiger charge is 2.38. The van der Waals surface area contributed by atoms with E-state index in [1.165, 1.54) is 18.4 Å². The van der Waals surface area contributed by atoms with Gasteiger partial charge in [-0.05, 0) is 43.8 Å². The van der Waals surface area contributed by atoms with Gasteiger partial charge in [-0.1, -0.05) is 20.8 Å². The van der Waals surface area contributed by atoms with Crippen molar-refractivity contribution in [2.45, 2.75) is 64.7 Å². The maximum Gasteiger partial charge on any atom is 0.407 e. The molecule has 0 aromatic carbocycles. The van der Waals surface area contributed by atoms with Gasteiger partial charge in [0.1, 0.15) is 11.7 Å². The molecule has 2 N–H and O–H groups in total. The van der Waals surface area contributed by atoms with Crippen LogP contribution in [0.1, 0.15) is 51.0 Å². The van der Waals surface area contributed by atoms with Gasteiger partial charge in [0.05, 0.1) is 20.3 Å². The molecular weight excluding hydrogens is 488 g/mol. The van der Waals surface area contributed by atoms with E-state index in [0.29, 0.717) is 19.1 Å². The number of rotatable bonds is 10. The van der Waals surface area contributed by atoms with Crippen molar-refractivity contribution in [1.29, 1.82) is 0 Å². The molecule has 12 heteroatoms. The van der Waals surface area contributed by atoms with Crippen LogP contribution in [-0.4, -0.2) is 77.3 Å². The third-order valence-corrected chi connectivity index (χ3v) is 12.0. The topological polar surface area (TPSA) is 119 Å². The van der Waals surface area contributed by atoms with Crippen LogP contribution in [0.25, 0.3) is 0 Å². The van der Waals surface area contributed by atoms with E-state index >= 15 is 0 Å². The minimum atomic E-state index is -2.11. The van der Waals surface area contributed by atoms with Crippen LogP contribution in [0.4, 0.5) is 9.93 Å². The fourth-order valence-corrected chi connectivity index (χ4v) is 5.18. The third kappa shape index (κ3) is 8.46. The molecule has 1 aliphatic rings. The molecule has 1 aromatic heterocycles. The highest BCUT2D eigenvalue weighted by atomic mass is 32.1. The molecule has 1 aliphatic heterocycles.